The van der Waals surface area contributed by atoms with Gasteiger partial charge in [-0.05, 0) is 64.4 Å². The van der Waals surface area contributed by atoms with E-state index in [1.807, 2.05) is 77.8 Å². The predicted molar refractivity (Wildman–Crippen MR) is 147 cm³/mol. The van der Waals surface area contributed by atoms with Crippen LogP contribution in [0.3, 0.4) is 0 Å². The first-order chi connectivity index (χ1) is 18.5. The summed E-state index contributed by atoms with van der Waals surface area (Å²) in [5.41, 5.74) is 3.02. The van der Waals surface area contributed by atoms with E-state index in [2.05, 4.69) is 5.32 Å². The Morgan fingerprint density at radius 1 is 0.789 bits per heavy atom. The van der Waals surface area contributed by atoms with Crippen molar-refractivity contribution >= 4 is 57.5 Å². The number of hydrogen-bond donors (Lipinski definition) is 1. The van der Waals surface area contributed by atoms with Gasteiger partial charge in [-0.25, -0.2) is 4.90 Å². The van der Waals surface area contributed by atoms with Crippen molar-refractivity contribution in [1.29, 1.82) is 0 Å². The van der Waals surface area contributed by atoms with Gasteiger partial charge in [0.15, 0.2) is 0 Å². The lowest BCUT2D eigenvalue weighted by Gasteiger charge is -2.35. The van der Waals surface area contributed by atoms with Crippen molar-refractivity contribution in [3.8, 4) is 0 Å². The fraction of sp³-hybridized carbons (Fsp3) is 0.129. The van der Waals surface area contributed by atoms with Crippen LogP contribution in [0.25, 0.3) is 16.8 Å². The average Bonchev–Trinajstić information content (AvgIpc) is 3.42. The normalized spacial score (nSPS) is 23.4. The van der Waals surface area contributed by atoms with Gasteiger partial charge < -0.3 is 10.2 Å². The second-order valence-electron chi connectivity index (χ2n) is 9.87. The fourth-order valence-corrected chi connectivity index (χ4v) is 6.30. The molecule has 38 heavy (non-hydrogen) atoms. The smallest absolute Gasteiger partial charge is 0.247 e. The lowest BCUT2D eigenvalue weighted by molar-refractivity contribution is -0.128. The van der Waals surface area contributed by atoms with Gasteiger partial charge in [-0.1, -0.05) is 66.2 Å². The first kappa shape index (κ1) is 22.8. The van der Waals surface area contributed by atoms with E-state index in [0.717, 1.165) is 21.9 Å². The molecule has 2 fully saturated rings. The SMILES string of the molecule is O=C(Nc1ccc(Cl)cc1)[C@@H]1[C@@H]2C(=O)N(c3ccc4ccccc4c3)C(=O)[C@H]2[C@H]2c3ccccc3C=CN12. The molecule has 0 radical (unpaired) electrons. The standard InChI is InChI=1S/C31H22ClN3O3/c32-21-10-12-22(13-11-21)33-29(36)28-26-25(27-24-8-4-3-6-19(24)15-16-34(27)28)30(37)35(31(26)38)23-14-9-18-5-1-2-7-20(18)17-23/h1-17,25-28H,(H,33,36)/t25-,26-,27-,28+/m1/s1. The number of hydrogen-bond acceptors (Lipinski definition) is 4. The molecule has 4 aromatic rings. The second-order valence-corrected chi connectivity index (χ2v) is 10.3. The molecule has 0 bridgehead atoms. The third-order valence-electron chi connectivity index (χ3n) is 7.83. The van der Waals surface area contributed by atoms with Crippen LogP contribution in [0.2, 0.25) is 5.02 Å². The van der Waals surface area contributed by atoms with Gasteiger partial charge in [0.05, 0.1) is 23.6 Å². The van der Waals surface area contributed by atoms with E-state index in [-0.39, 0.29) is 17.7 Å². The number of nitrogens with zero attached hydrogens (tertiary/aromatic N) is 2. The Morgan fingerprint density at radius 3 is 2.32 bits per heavy atom. The lowest BCUT2D eigenvalue weighted by atomic mass is 9.84. The van der Waals surface area contributed by atoms with Crippen LogP contribution in [0.4, 0.5) is 11.4 Å². The van der Waals surface area contributed by atoms with Crippen molar-refractivity contribution in [2.45, 2.75) is 12.1 Å². The molecular weight excluding hydrogens is 498 g/mol. The van der Waals surface area contributed by atoms with E-state index >= 15 is 0 Å². The molecule has 0 aliphatic carbocycles. The van der Waals surface area contributed by atoms with Gasteiger partial charge in [0.1, 0.15) is 6.04 Å². The average molecular weight is 520 g/mol. The zero-order valence-electron chi connectivity index (χ0n) is 20.1. The number of halogens is 1. The molecule has 0 aromatic heterocycles. The van der Waals surface area contributed by atoms with E-state index in [9.17, 15) is 14.4 Å². The van der Waals surface area contributed by atoms with E-state index in [4.69, 9.17) is 11.6 Å². The minimum absolute atomic E-state index is 0.280. The minimum Gasteiger partial charge on any atom is -0.357 e. The van der Waals surface area contributed by atoms with E-state index in [1.165, 1.54) is 4.90 Å². The lowest BCUT2D eigenvalue weighted by Crippen LogP contribution is -2.46. The predicted octanol–water partition coefficient (Wildman–Crippen LogP) is 5.65. The first-order valence-corrected chi connectivity index (χ1v) is 12.9. The number of rotatable bonds is 3. The number of anilines is 2. The third kappa shape index (κ3) is 3.37. The highest BCUT2D eigenvalue weighted by molar-refractivity contribution is 6.30. The zero-order chi connectivity index (χ0) is 26.0. The molecule has 7 rings (SSSR count). The summed E-state index contributed by atoms with van der Waals surface area (Å²) in [7, 11) is 0. The van der Waals surface area contributed by atoms with Gasteiger partial charge in [-0.3, -0.25) is 14.4 Å². The molecule has 0 unspecified atom stereocenters. The zero-order valence-corrected chi connectivity index (χ0v) is 20.9. The molecular formula is C31H22ClN3O3. The highest BCUT2D eigenvalue weighted by atomic mass is 35.5. The van der Waals surface area contributed by atoms with Crippen LogP contribution in [0.15, 0.2) is 97.2 Å². The molecule has 3 aliphatic heterocycles. The quantitative estimate of drug-likeness (QED) is 0.355. The number of nitrogens with one attached hydrogen (secondary N) is 1. The van der Waals surface area contributed by atoms with Gasteiger partial charge in [0.25, 0.3) is 0 Å². The van der Waals surface area contributed by atoms with E-state index in [1.54, 1.807) is 30.3 Å². The Bertz CT molecular complexity index is 1660. The van der Waals surface area contributed by atoms with Gasteiger partial charge >= 0.3 is 0 Å². The van der Waals surface area contributed by atoms with Crippen molar-refractivity contribution in [3.05, 3.63) is 113 Å². The summed E-state index contributed by atoms with van der Waals surface area (Å²) in [5.74, 6) is -2.50. The maximum Gasteiger partial charge on any atom is 0.247 e. The van der Waals surface area contributed by atoms with Crippen LogP contribution < -0.4 is 10.2 Å². The van der Waals surface area contributed by atoms with E-state index < -0.39 is 23.9 Å². The van der Waals surface area contributed by atoms with Gasteiger partial charge in [0, 0.05) is 16.9 Å². The Morgan fingerprint density at radius 2 is 1.50 bits per heavy atom. The number of fused-ring (bicyclic) bond motifs is 6. The van der Waals surface area contributed by atoms with Gasteiger partial charge in [-0.2, -0.15) is 0 Å². The molecule has 1 N–H and O–H groups in total. The highest BCUT2D eigenvalue weighted by Crippen LogP contribution is 2.53. The Hall–Kier alpha value is -4.42. The highest BCUT2D eigenvalue weighted by Gasteiger charge is 2.64. The molecule has 186 valence electrons. The van der Waals surface area contributed by atoms with Gasteiger partial charge in [-0.15, -0.1) is 0 Å². The number of amides is 3. The summed E-state index contributed by atoms with van der Waals surface area (Å²) >= 11 is 6.02. The second kappa shape index (κ2) is 8.57. The number of benzene rings is 4. The van der Waals surface area contributed by atoms with Crippen LogP contribution >= 0.6 is 11.6 Å². The molecule has 4 atom stereocenters. The summed E-state index contributed by atoms with van der Waals surface area (Å²) in [6.45, 7) is 0. The summed E-state index contributed by atoms with van der Waals surface area (Å²) in [5, 5.41) is 5.46. The van der Waals surface area contributed by atoms with Crippen LogP contribution in [0, 0.1) is 11.8 Å². The molecule has 0 spiro atoms. The van der Waals surface area contributed by atoms with Crippen LogP contribution in [0.1, 0.15) is 17.2 Å². The maximum absolute atomic E-state index is 14.1. The monoisotopic (exact) mass is 519 g/mol. The molecule has 3 aliphatic rings. The topological polar surface area (TPSA) is 69.7 Å². The number of imide groups is 1. The third-order valence-corrected chi connectivity index (χ3v) is 8.09. The molecule has 3 amide bonds. The molecule has 4 aromatic carbocycles. The molecule has 3 heterocycles. The molecule has 7 heteroatoms. The first-order valence-electron chi connectivity index (χ1n) is 12.5. The van der Waals surface area contributed by atoms with Crippen molar-refractivity contribution in [2.75, 3.05) is 10.2 Å². The molecule has 6 nitrogen and oxygen atoms in total. The fourth-order valence-electron chi connectivity index (χ4n) is 6.18. The minimum atomic E-state index is -0.854. The van der Waals surface area contributed by atoms with Crippen LogP contribution in [0.5, 0.6) is 0 Å². The summed E-state index contributed by atoms with van der Waals surface area (Å²) in [4.78, 5) is 45.1. The summed E-state index contributed by atoms with van der Waals surface area (Å²) in [6, 6.07) is 26.8. The van der Waals surface area contributed by atoms with Gasteiger partial charge in [0.2, 0.25) is 17.7 Å². The largest absolute Gasteiger partial charge is 0.357 e. The summed E-state index contributed by atoms with van der Waals surface area (Å²) < 4.78 is 0. The van der Waals surface area contributed by atoms with Crippen molar-refractivity contribution < 1.29 is 14.4 Å². The Kier molecular flexibility index (Phi) is 5.13. The summed E-state index contributed by atoms with van der Waals surface area (Å²) in [6.07, 6.45) is 3.78. The van der Waals surface area contributed by atoms with Crippen LogP contribution in [-0.2, 0) is 14.4 Å². The Labute approximate surface area is 224 Å². The molecule has 2 saturated heterocycles. The van der Waals surface area contributed by atoms with Crippen LogP contribution in [-0.4, -0.2) is 28.7 Å². The number of carbonyl (C=O) groups is 3. The van der Waals surface area contributed by atoms with E-state index in [0.29, 0.717) is 16.4 Å². The Balaban J connectivity index is 1.32. The van der Waals surface area contributed by atoms with Crippen molar-refractivity contribution in [1.82, 2.24) is 4.90 Å². The maximum atomic E-state index is 14.1. The molecule has 0 saturated carbocycles. The van der Waals surface area contributed by atoms with Crippen molar-refractivity contribution in [2.24, 2.45) is 11.8 Å². The number of carbonyl (C=O) groups excluding carboxylic acids is 3. The van der Waals surface area contributed by atoms with Crippen molar-refractivity contribution in [3.63, 3.8) is 0 Å².